The largest absolute Gasteiger partial charge is 0.454 e. The number of benzene rings is 7. The number of fused-ring (bicyclic) bond motifs is 6. The van der Waals surface area contributed by atoms with Crippen LogP contribution in [0.15, 0.2) is 176 Å². The SMILES string of the molecule is C[C@H]1[C@H]([Si](C)(C)F)[C@@H](CCn2cc(C(CO)c3ccccc3)nn2)O[C@]12C(=O)N(Cc1cccc(N3C(=O)c4ccccc4Oc4ccccc43)c1)c1ccc(N3C(=O)c4ccccc4Oc4ccccc43)cc12. The summed E-state index contributed by atoms with van der Waals surface area (Å²) in [4.78, 5) is 50.2. The molecule has 0 radical (unpaired) electrons. The van der Waals surface area contributed by atoms with E-state index in [2.05, 4.69) is 10.3 Å². The number of rotatable bonds is 11. The van der Waals surface area contributed by atoms with Crippen LogP contribution in [-0.4, -0.2) is 58.9 Å². The minimum atomic E-state index is -3.64. The summed E-state index contributed by atoms with van der Waals surface area (Å²) in [5.74, 6) is -0.168. The van der Waals surface area contributed by atoms with Gasteiger partial charge in [-0.05, 0) is 110 Å². The van der Waals surface area contributed by atoms with Gasteiger partial charge in [0.15, 0.2) is 17.1 Å². The molecule has 1 unspecified atom stereocenters. The molecule has 3 amide bonds. The van der Waals surface area contributed by atoms with Crippen LogP contribution in [0.1, 0.15) is 62.4 Å². The minimum absolute atomic E-state index is 0.0707. The molecule has 13 nitrogen and oxygen atoms in total. The van der Waals surface area contributed by atoms with Crippen molar-refractivity contribution in [2.75, 3.05) is 21.3 Å². The van der Waals surface area contributed by atoms with Gasteiger partial charge in [0, 0.05) is 41.1 Å². The molecule has 5 heterocycles. The fraction of sp³-hybridized carbons (Fsp3) is 0.203. The molecule has 0 aliphatic carbocycles. The van der Waals surface area contributed by atoms with Crippen molar-refractivity contribution < 1.29 is 37.8 Å². The Morgan fingerprint density at radius 3 is 1.88 bits per heavy atom. The predicted octanol–water partition coefficient (Wildman–Crippen LogP) is 12.0. The molecule has 7 aromatic carbocycles. The zero-order chi connectivity index (χ0) is 50.9. The number of amides is 3. The molecule has 8 aromatic rings. The number of halogens is 1. The van der Waals surface area contributed by atoms with Crippen LogP contribution in [-0.2, 0) is 28.2 Å². The molecule has 74 heavy (non-hydrogen) atoms. The van der Waals surface area contributed by atoms with Gasteiger partial charge < -0.3 is 28.3 Å². The quantitative estimate of drug-likeness (QED) is 0.0990. The Balaban J connectivity index is 0.947. The van der Waals surface area contributed by atoms with Crippen LogP contribution in [0, 0.1) is 5.92 Å². The number of hydrogen-bond acceptors (Lipinski definition) is 9. The number of hydrogen-bond donors (Lipinski definition) is 1. The van der Waals surface area contributed by atoms with Crippen molar-refractivity contribution in [1.82, 2.24) is 15.0 Å². The van der Waals surface area contributed by atoms with Crippen molar-refractivity contribution >= 4 is 54.6 Å². The van der Waals surface area contributed by atoms with Crippen molar-refractivity contribution in [2.45, 2.75) is 62.7 Å². The fourth-order valence-corrected chi connectivity index (χ4v) is 14.1. The van der Waals surface area contributed by atoms with Gasteiger partial charge in [-0.15, -0.1) is 5.10 Å². The van der Waals surface area contributed by atoms with E-state index in [0.29, 0.717) is 86.8 Å². The van der Waals surface area contributed by atoms with Gasteiger partial charge in [0.05, 0.1) is 59.1 Å². The Morgan fingerprint density at radius 1 is 0.676 bits per heavy atom. The molecular weight excluding hydrogens is 952 g/mol. The maximum atomic E-state index is 17.3. The average molecular weight is 1000 g/mol. The van der Waals surface area contributed by atoms with E-state index >= 15 is 8.90 Å². The molecule has 1 fully saturated rings. The number of aliphatic hydroxyl groups is 1. The third kappa shape index (κ3) is 7.77. The molecule has 0 bridgehead atoms. The van der Waals surface area contributed by atoms with Gasteiger partial charge >= 0.3 is 0 Å². The zero-order valence-corrected chi connectivity index (χ0v) is 41.8. The fourth-order valence-electron chi connectivity index (χ4n) is 11.6. The van der Waals surface area contributed by atoms with E-state index in [-0.39, 0.29) is 36.8 Å². The lowest BCUT2D eigenvalue weighted by Crippen LogP contribution is -2.45. The van der Waals surface area contributed by atoms with Gasteiger partial charge in [0.2, 0.25) is 8.41 Å². The lowest BCUT2D eigenvalue weighted by atomic mass is 9.82. The van der Waals surface area contributed by atoms with Crippen LogP contribution < -0.4 is 24.2 Å². The summed E-state index contributed by atoms with van der Waals surface area (Å²) in [6, 6.07) is 51.6. The number of aliphatic hydroxyl groups excluding tert-OH is 1. The first-order valence-corrected chi connectivity index (χ1v) is 27.8. The smallest absolute Gasteiger partial charge is 0.266 e. The van der Waals surface area contributed by atoms with Crippen LogP contribution in [0.4, 0.5) is 32.5 Å². The van der Waals surface area contributed by atoms with Crippen molar-refractivity contribution in [3.05, 3.63) is 210 Å². The van der Waals surface area contributed by atoms with E-state index in [0.717, 1.165) is 11.1 Å². The van der Waals surface area contributed by atoms with E-state index in [9.17, 15) is 14.7 Å². The third-order valence-corrected chi connectivity index (χ3v) is 17.4. The first-order chi connectivity index (χ1) is 35.9. The van der Waals surface area contributed by atoms with E-state index in [1.54, 1.807) is 75.1 Å². The molecular formula is C59H51FN6O7Si. The topological polar surface area (TPSA) is 140 Å². The van der Waals surface area contributed by atoms with Gasteiger partial charge in [-0.1, -0.05) is 103 Å². The van der Waals surface area contributed by atoms with Crippen LogP contribution in [0.25, 0.3) is 0 Å². The molecule has 1 aromatic heterocycles. The second-order valence-corrected chi connectivity index (χ2v) is 23.6. The second kappa shape index (κ2) is 18.4. The van der Waals surface area contributed by atoms with E-state index < -0.39 is 31.6 Å². The van der Waals surface area contributed by atoms with Crippen LogP contribution in [0.3, 0.4) is 0 Å². The molecule has 5 atom stereocenters. The summed E-state index contributed by atoms with van der Waals surface area (Å²) < 4.78 is 38.9. The molecule has 4 aliphatic rings. The van der Waals surface area contributed by atoms with Crippen molar-refractivity contribution in [1.29, 1.82) is 0 Å². The standard InChI is InChI=1S/C59H51FN6O7Si/c1-37-55(74(2,3)60)54(30-31-63-35-46(61-62-63)44(36-67)39-17-5-4-6-18-39)73-59(37)45-33-41(66-49-23-10-14-27-53(49)72-51-25-12-8-21-43(51)57(66)69)28-29-47(45)64(58(59)70)34-38-16-15-19-40(32-38)65-48-22-9-13-26-52(48)71-50-24-11-7-20-42(50)56(65)68/h4-29,32-33,35,37,44,54-55,67H,30-31,34,36H2,1-3H3/t37-,44?,54+,55-,59+/m0/s1. The number of nitrogens with zero attached hydrogens (tertiary/aromatic N) is 6. The molecule has 0 saturated carbocycles. The number of ether oxygens (including phenoxy) is 3. The molecule has 15 heteroatoms. The van der Waals surface area contributed by atoms with Gasteiger partial charge in [-0.3, -0.25) is 28.9 Å². The predicted molar refractivity (Wildman–Crippen MR) is 281 cm³/mol. The Hall–Kier alpha value is -8.24. The number of para-hydroxylation sites is 6. The summed E-state index contributed by atoms with van der Waals surface area (Å²) >= 11 is 0. The van der Waals surface area contributed by atoms with E-state index in [1.165, 1.54) is 0 Å². The van der Waals surface area contributed by atoms with Crippen LogP contribution in [0.5, 0.6) is 23.0 Å². The van der Waals surface area contributed by atoms with Crippen molar-refractivity contribution in [3.63, 3.8) is 0 Å². The Bertz CT molecular complexity index is 3510. The van der Waals surface area contributed by atoms with Crippen molar-refractivity contribution in [3.8, 4) is 23.0 Å². The van der Waals surface area contributed by atoms with Crippen LogP contribution >= 0.6 is 0 Å². The molecule has 1 N–H and O–H groups in total. The number of aryl methyl sites for hydroxylation is 1. The van der Waals surface area contributed by atoms with Gasteiger partial charge in [-0.2, -0.15) is 0 Å². The molecule has 12 rings (SSSR count). The van der Waals surface area contributed by atoms with Gasteiger partial charge in [-0.25, -0.2) is 0 Å². The van der Waals surface area contributed by atoms with E-state index in [1.807, 2.05) is 140 Å². The highest BCUT2D eigenvalue weighted by Crippen LogP contribution is 2.61. The molecule has 1 saturated heterocycles. The lowest BCUT2D eigenvalue weighted by Gasteiger charge is -2.31. The average Bonchev–Trinajstić information content (AvgIpc) is 4.01. The first-order valence-electron chi connectivity index (χ1n) is 24.8. The maximum Gasteiger partial charge on any atom is 0.266 e. The van der Waals surface area contributed by atoms with E-state index in [4.69, 9.17) is 14.2 Å². The number of aromatic nitrogens is 3. The highest BCUT2D eigenvalue weighted by molar-refractivity contribution is 6.72. The lowest BCUT2D eigenvalue weighted by molar-refractivity contribution is -0.146. The Labute approximate surface area is 428 Å². The molecule has 4 aliphatic heterocycles. The Morgan fingerprint density at radius 2 is 1.26 bits per heavy atom. The highest BCUT2D eigenvalue weighted by atomic mass is 28.4. The summed E-state index contributed by atoms with van der Waals surface area (Å²) in [5.41, 5.74) is 3.82. The number of carbonyl (C=O) groups is 3. The van der Waals surface area contributed by atoms with Gasteiger partial charge in [0.1, 0.15) is 11.5 Å². The highest BCUT2D eigenvalue weighted by Gasteiger charge is 2.67. The summed E-state index contributed by atoms with van der Waals surface area (Å²) in [5, 5.41) is 19.3. The van der Waals surface area contributed by atoms with Crippen molar-refractivity contribution in [2.24, 2.45) is 5.92 Å². The molecule has 1 spiro atoms. The second-order valence-electron chi connectivity index (χ2n) is 19.8. The number of carbonyl (C=O) groups excluding carboxylic acids is 3. The monoisotopic (exact) mass is 1000 g/mol. The van der Waals surface area contributed by atoms with Gasteiger partial charge in [0.25, 0.3) is 17.7 Å². The Kier molecular flexibility index (Phi) is 11.6. The van der Waals surface area contributed by atoms with Crippen LogP contribution in [0.2, 0.25) is 18.6 Å². The normalized spacial score (nSPS) is 20.2. The first kappa shape index (κ1) is 46.8. The molecule has 370 valence electrons. The maximum absolute atomic E-state index is 17.3. The zero-order valence-electron chi connectivity index (χ0n) is 40.8. The summed E-state index contributed by atoms with van der Waals surface area (Å²) in [6.45, 7) is 5.46. The summed E-state index contributed by atoms with van der Waals surface area (Å²) in [6.07, 6.45) is 1.38. The number of anilines is 5. The third-order valence-electron chi connectivity index (χ3n) is 14.9. The summed E-state index contributed by atoms with van der Waals surface area (Å²) in [7, 11) is -3.64. The minimum Gasteiger partial charge on any atom is -0.454 e.